The normalized spacial score (nSPS) is 21.3. The summed E-state index contributed by atoms with van der Waals surface area (Å²) < 4.78 is 0. The highest BCUT2D eigenvalue weighted by Crippen LogP contribution is 2.31. The standard InChI is InChI=1S/C14H20ClN3/c15-12-3-4-14(13(16)9-12)18-7-5-17(6-8-18)10-11-1-2-11/h3-4,9,11H,1-2,5-8,10,16H2. The Morgan fingerprint density at radius 1 is 1.17 bits per heavy atom. The van der Waals surface area contributed by atoms with Gasteiger partial charge in [-0.25, -0.2) is 0 Å². The molecule has 98 valence electrons. The van der Waals surface area contributed by atoms with Crippen LogP contribution in [0.2, 0.25) is 5.02 Å². The van der Waals surface area contributed by atoms with Crippen molar-refractivity contribution >= 4 is 23.0 Å². The van der Waals surface area contributed by atoms with Crippen LogP contribution in [-0.2, 0) is 0 Å². The highest BCUT2D eigenvalue weighted by molar-refractivity contribution is 6.31. The zero-order valence-electron chi connectivity index (χ0n) is 10.6. The Morgan fingerprint density at radius 2 is 1.89 bits per heavy atom. The molecular formula is C14H20ClN3. The van der Waals surface area contributed by atoms with Crippen molar-refractivity contribution in [3.8, 4) is 0 Å². The Bertz CT molecular complexity index is 423. The van der Waals surface area contributed by atoms with Gasteiger partial charge in [-0.3, -0.25) is 4.90 Å². The molecule has 2 aliphatic rings. The monoisotopic (exact) mass is 265 g/mol. The predicted octanol–water partition coefficient (Wildman–Crippen LogP) is 2.45. The van der Waals surface area contributed by atoms with E-state index >= 15 is 0 Å². The van der Waals surface area contributed by atoms with Crippen LogP contribution in [0, 0.1) is 5.92 Å². The molecule has 0 atom stereocenters. The molecule has 1 aromatic carbocycles. The molecule has 2 N–H and O–H groups in total. The largest absolute Gasteiger partial charge is 0.397 e. The number of rotatable bonds is 3. The van der Waals surface area contributed by atoms with Gasteiger partial charge in [0.1, 0.15) is 0 Å². The fourth-order valence-corrected chi connectivity index (χ4v) is 2.83. The summed E-state index contributed by atoms with van der Waals surface area (Å²) in [5, 5.41) is 0.712. The fraction of sp³-hybridized carbons (Fsp3) is 0.571. The molecule has 0 unspecified atom stereocenters. The Hall–Kier alpha value is -0.930. The van der Waals surface area contributed by atoms with E-state index in [4.69, 9.17) is 17.3 Å². The summed E-state index contributed by atoms with van der Waals surface area (Å²) in [4.78, 5) is 4.95. The lowest BCUT2D eigenvalue weighted by atomic mass is 10.2. The minimum Gasteiger partial charge on any atom is -0.397 e. The number of hydrogen-bond donors (Lipinski definition) is 1. The number of anilines is 2. The van der Waals surface area contributed by atoms with Gasteiger partial charge in [0.25, 0.3) is 0 Å². The molecule has 0 spiro atoms. The topological polar surface area (TPSA) is 32.5 Å². The number of halogens is 1. The van der Waals surface area contributed by atoms with Crippen molar-refractivity contribution in [3.05, 3.63) is 23.2 Å². The molecule has 1 aliphatic heterocycles. The van der Waals surface area contributed by atoms with Crippen molar-refractivity contribution in [2.24, 2.45) is 5.92 Å². The maximum atomic E-state index is 6.04. The molecule has 1 aromatic rings. The smallest absolute Gasteiger partial charge is 0.0601 e. The molecule has 1 heterocycles. The van der Waals surface area contributed by atoms with Gasteiger partial charge in [-0.1, -0.05) is 11.6 Å². The Balaban J connectivity index is 1.60. The molecular weight excluding hydrogens is 246 g/mol. The summed E-state index contributed by atoms with van der Waals surface area (Å²) in [6.45, 7) is 5.73. The second-order valence-corrected chi connectivity index (χ2v) is 5.87. The molecule has 4 heteroatoms. The third kappa shape index (κ3) is 2.73. The third-order valence-electron chi connectivity index (χ3n) is 3.92. The Labute approximate surface area is 114 Å². The molecule has 3 rings (SSSR count). The average molecular weight is 266 g/mol. The summed E-state index contributed by atoms with van der Waals surface area (Å²) in [5.41, 5.74) is 7.96. The maximum Gasteiger partial charge on any atom is 0.0601 e. The summed E-state index contributed by atoms with van der Waals surface area (Å²) in [6.07, 6.45) is 2.87. The van der Waals surface area contributed by atoms with E-state index in [1.165, 1.54) is 19.4 Å². The molecule has 2 fully saturated rings. The van der Waals surface area contributed by atoms with Crippen LogP contribution in [-0.4, -0.2) is 37.6 Å². The first kappa shape index (κ1) is 12.1. The summed E-state index contributed by atoms with van der Waals surface area (Å²) in [6, 6.07) is 5.80. The number of nitrogens with two attached hydrogens (primary N) is 1. The van der Waals surface area contributed by atoms with Crippen LogP contribution in [0.3, 0.4) is 0 Å². The average Bonchev–Trinajstić information content (AvgIpc) is 3.15. The second kappa shape index (κ2) is 4.98. The van der Waals surface area contributed by atoms with Crippen molar-refractivity contribution in [1.82, 2.24) is 4.90 Å². The van der Waals surface area contributed by atoms with Gasteiger partial charge in [-0.05, 0) is 37.0 Å². The van der Waals surface area contributed by atoms with Crippen molar-refractivity contribution in [3.63, 3.8) is 0 Å². The minimum atomic E-state index is 0.712. The zero-order chi connectivity index (χ0) is 12.5. The van der Waals surface area contributed by atoms with E-state index in [1.54, 1.807) is 0 Å². The van der Waals surface area contributed by atoms with Gasteiger partial charge in [0.05, 0.1) is 11.4 Å². The van der Waals surface area contributed by atoms with Crippen LogP contribution in [0.25, 0.3) is 0 Å². The van der Waals surface area contributed by atoms with Crippen LogP contribution in [0.1, 0.15) is 12.8 Å². The van der Waals surface area contributed by atoms with E-state index in [2.05, 4.69) is 9.80 Å². The van der Waals surface area contributed by atoms with Gasteiger partial charge < -0.3 is 10.6 Å². The Morgan fingerprint density at radius 3 is 2.50 bits per heavy atom. The number of piperazine rings is 1. The number of hydrogen-bond acceptors (Lipinski definition) is 3. The van der Waals surface area contributed by atoms with Gasteiger partial charge in [0, 0.05) is 37.7 Å². The van der Waals surface area contributed by atoms with Gasteiger partial charge in [0.15, 0.2) is 0 Å². The van der Waals surface area contributed by atoms with E-state index in [9.17, 15) is 0 Å². The van der Waals surface area contributed by atoms with E-state index in [0.717, 1.165) is 43.5 Å². The maximum absolute atomic E-state index is 6.04. The van der Waals surface area contributed by atoms with E-state index in [-0.39, 0.29) is 0 Å². The van der Waals surface area contributed by atoms with Crippen LogP contribution in [0.4, 0.5) is 11.4 Å². The van der Waals surface area contributed by atoms with Crippen LogP contribution in [0.15, 0.2) is 18.2 Å². The lowest BCUT2D eigenvalue weighted by Gasteiger charge is -2.36. The quantitative estimate of drug-likeness (QED) is 0.852. The number of nitrogens with zero attached hydrogens (tertiary/aromatic N) is 2. The van der Waals surface area contributed by atoms with Gasteiger partial charge in [-0.15, -0.1) is 0 Å². The molecule has 18 heavy (non-hydrogen) atoms. The molecule has 0 aromatic heterocycles. The lowest BCUT2D eigenvalue weighted by molar-refractivity contribution is 0.248. The molecule has 0 amide bonds. The highest BCUT2D eigenvalue weighted by Gasteiger charge is 2.26. The minimum absolute atomic E-state index is 0.712. The van der Waals surface area contributed by atoms with E-state index in [0.29, 0.717) is 5.02 Å². The van der Waals surface area contributed by atoms with Crippen LogP contribution >= 0.6 is 11.6 Å². The van der Waals surface area contributed by atoms with Gasteiger partial charge in [-0.2, -0.15) is 0 Å². The SMILES string of the molecule is Nc1cc(Cl)ccc1N1CCN(CC2CC2)CC1. The highest BCUT2D eigenvalue weighted by atomic mass is 35.5. The van der Waals surface area contributed by atoms with Crippen LogP contribution < -0.4 is 10.6 Å². The second-order valence-electron chi connectivity index (χ2n) is 5.43. The van der Waals surface area contributed by atoms with E-state index in [1.807, 2.05) is 18.2 Å². The first-order chi connectivity index (χ1) is 8.72. The van der Waals surface area contributed by atoms with Crippen LogP contribution in [0.5, 0.6) is 0 Å². The molecule has 0 radical (unpaired) electrons. The fourth-order valence-electron chi connectivity index (χ4n) is 2.65. The van der Waals surface area contributed by atoms with Crippen molar-refractivity contribution in [2.75, 3.05) is 43.4 Å². The van der Waals surface area contributed by atoms with Crippen molar-refractivity contribution in [2.45, 2.75) is 12.8 Å². The molecule has 1 saturated heterocycles. The van der Waals surface area contributed by atoms with Gasteiger partial charge >= 0.3 is 0 Å². The summed E-state index contributed by atoms with van der Waals surface area (Å²) in [7, 11) is 0. The molecule has 1 aliphatic carbocycles. The zero-order valence-corrected chi connectivity index (χ0v) is 11.4. The predicted molar refractivity (Wildman–Crippen MR) is 77.2 cm³/mol. The first-order valence-electron chi connectivity index (χ1n) is 6.75. The van der Waals surface area contributed by atoms with Gasteiger partial charge in [0.2, 0.25) is 0 Å². The molecule has 0 bridgehead atoms. The number of benzene rings is 1. The summed E-state index contributed by atoms with van der Waals surface area (Å²) >= 11 is 5.94. The molecule has 3 nitrogen and oxygen atoms in total. The van der Waals surface area contributed by atoms with E-state index < -0.39 is 0 Å². The Kier molecular flexibility index (Phi) is 3.35. The third-order valence-corrected chi connectivity index (χ3v) is 4.15. The summed E-state index contributed by atoms with van der Waals surface area (Å²) in [5.74, 6) is 0.983. The lowest BCUT2D eigenvalue weighted by Crippen LogP contribution is -2.47. The molecule has 1 saturated carbocycles. The van der Waals surface area contributed by atoms with Crippen molar-refractivity contribution in [1.29, 1.82) is 0 Å². The van der Waals surface area contributed by atoms with Crippen molar-refractivity contribution < 1.29 is 0 Å². The first-order valence-corrected chi connectivity index (χ1v) is 7.12. The number of nitrogen functional groups attached to an aromatic ring is 1.